The van der Waals surface area contributed by atoms with Crippen LogP contribution in [-0.4, -0.2) is 46.4 Å². The lowest BCUT2D eigenvalue weighted by atomic mass is 9.97. The number of alkyl carbamates (subject to hydrolysis) is 1. The number of ether oxygens (including phenoxy) is 1. The molecule has 40 heavy (non-hydrogen) atoms. The molecule has 0 aromatic heterocycles. The van der Waals surface area contributed by atoms with Crippen molar-refractivity contribution >= 4 is 23.8 Å². The lowest BCUT2D eigenvalue weighted by molar-refractivity contribution is -0.145. The number of primary amides is 1. The molecule has 0 aliphatic carbocycles. The Kier molecular flexibility index (Phi) is 12.2. The minimum Gasteiger partial charge on any atom is -0.444 e. The summed E-state index contributed by atoms with van der Waals surface area (Å²) in [6, 6.07) is 14.6. The molecule has 2 aromatic carbocycles. The maximum absolute atomic E-state index is 14.2. The second-order valence-electron chi connectivity index (χ2n) is 10.9. The SMILES string of the molecule is CCc1ccc(C(C(=O)NCc2ccccc2)N(C(=O)C(CCC(N)=O)NC(=O)OC(C)(C)C)C(C)CC)cc1. The lowest BCUT2D eigenvalue weighted by Crippen LogP contribution is -2.55. The van der Waals surface area contributed by atoms with Gasteiger partial charge in [0.15, 0.2) is 0 Å². The zero-order valence-corrected chi connectivity index (χ0v) is 24.5. The first-order chi connectivity index (χ1) is 18.9. The molecule has 0 saturated heterocycles. The van der Waals surface area contributed by atoms with E-state index >= 15 is 0 Å². The highest BCUT2D eigenvalue weighted by Crippen LogP contribution is 2.27. The lowest BCUT2D eigenvalue weighted by Gasteiger charge is -2.38. The van der Waals surface area contributed by atoms with E-state index in [2.05, 4.69) is 10.6 Å². The molecule has 0 aliphatic heterocycles. The van der Waals surface area contributed by atoms with Gasteiger partial charge in [0, 0.05) is 19.0 Å². The first kappa shape index (κ1) is 32.3. The number of carbonyl (C=O) groups excluding carboxylic acids is 4. The monoisotopic (exact) mass is 552 g/mol. The summed E-state index contributed by atoms with van der Waals surface area (Å²) in [7, 11) is 0. The third-order valence-corrected chi connectivity index (χ3v) is 6.53. The first-order valence-corrected chi connectivity index (χ1v) is 13.9. The van der Waals surface area contributed by atoms with Crippen molar-refractivity contribution in [1.82, 2.24) is 15.5 Å². The Bertz CT molecular complexity index is 1130. The van der Waals surface area contributed by atoms with Crippen LogP contribution in [0.4, 0.5) is 4.79 Å². The number of carbonyl (C=O) groups is 4. The van der Waals surface area contributed by atoms with E-state index < -0.39 is 35.6 Å². The van der Waals surface area contributed by atoms with E-state index in [4.69, 9.17) is 10.5 Å². The average Bonchev–Trinajstić information content (AvgIpc) is 2.91. The van der Waals surface area contributed by atoms with Gasteiger partial charge in [-0.3, -0.25) is 14.4 Å². The third-order valence-electron chi connectivity index (χ3n) is 6.53. The van der Waals surface area contributed by atoms with Crippen LogP contribution in [0, 0.1) is 0 Å². The summed E-state index contributed by atoms with van der Waals surface area (Å²) in [6.07, 6.45) is 0.422. The average molecular weight is 553 g/mol. The second kappa shape index (κ2) is 15.1. The van der Waals surface area contributed by atoms with Gasteiger partial charge in [0.2, 0.25) is 17.7 Å². The van der Waals surface area contributed by atoms with Gasteiger partial charge in [-0.15, -0.1) is 0 Å². The number of hydrogen-bond acceptors (Lipinski definition) is 5. The van der Waals surface area contributed by atoms with Crippen LogP contribution in [0.2, 0.25) is 0 Å². The number of benzene rings is 2. The highest BCUT2D eigenvalue weighted by Gasteiger charge is 2.38. The largest absolute Gasteiger partial charge is 0.444 e. The van der Waals surface area contributed by atoms with Crippen LogP contribution in [0.15, 0.2) is 54.6 Å². The number of amides is 4. The van der Waals surface area contributed by atoms with E-state index in [0.717, 1.165) is 17.5 Å². The van der Waals surface area contributed by atoms with Gasteiger partial charge in [0.25, 0.3) is 0 Å². The molecule has 0 spiro atoms. The fourth-order valence-corrected chi connectivity index (χ4v) is 4.23. The molecule has 0 saturated carbocycles. The molecule has 0 aliphatic rings. The van der Waals surface area contributed by atoms with Gasteiger partial charge in [-0.2, -0.15) is 0 Å². The summed E-state index contributed by atoms with van der Waals surface area (Å²) < 4.78 is 5.38. The van der Waals surface area contributed by atoms with Crippen molar-refractivity contribution in [1.29, 1.82) is 0 Å². The molecule has 4 N–H and O–H groups in total. The predicted octanol–water partition coefficient (Wildman–Crippen LogP) is 4.39. The summed E-state index contributed by atoms with van der Waals surface area (Å²) in [5, 5.41) is 5.60. The number of nitrogens with zero attached hydrogens (tertiary/aromatic N) is 1. The van der Waals surface area contributed by atoms with Crippen LogP contribution >= 0.6 is 0 Å². The molecule has 9 heteroatoms. The van der Waals surface area contributed by atoms with Crippen LogP contribution < -0.4 is 16.4 Å². The van der Waals surface area contributed by atoms with Crippen molar-refractivity contribution in [3.8, 4) is 0 Å². The molecule has 2 aromatic rings. The van der Waals surface area contributed by atoms with E-state index in [1.165, 1.54) is 4.90 Å². The normalized spacial score (nSPS) is 13.4. The van der Waals surface area contributed by atoms with Crippen LogP contribution in [0.1, 0.15) is 83.5 Å². The van der Waals surface area contributed by atoms with Crippen LogP contribution in [0.25, 0.3) is 0 Å². The Hall–Kier alpha value is -3.88. The molecular weight excluding hydrogens is 508 g/mol. The molecule has 218 valence electrons. The maximum Gasteiger partial charge on any atom is 0.408 e. The second-order valence-corrected chi connectivity index (χ2v) is 10.9. The molecule has 0 fully saturated rings. The van der Waals surface area contributed by atoms with Gasteiger partial charge in [-0.1, -0.05) is 68.4 Å². The Morgan fingerprint density at radius 2 is 1.57 bits per heavy atom. The highest BCUT2D eigenvalue weighted by atomic mass is 16.6. The van der Waals surface area contributed by atoms with Crippen molar-refractivity contribution < 1.29 is 23.9 Å². The molecule has 3 unspecified atom stereocenters. The summed E-state index contributed by atoms with van der Waals surface area (Å²) in [5.74, 6) is -1.46. The van der Waals surface area contributed by atoms with Gasteiger partial charge in [-0.05, 0) is 63.6 Å². The highest BCUT2D eigenvalue weighted by molar-refractivity contribution is 5.92. The third kappa shape index (κ3) is 10.0. The quantitative estimate of drug-likeness (QED) is 0.339. The molecule has 4 amide bonds. The summed E-state index contributed by atoms with van der Waals surface area (Å²) >= 11 is 0. The molecule has 2 rings (SSSR count). The number of nitrogens with one attached hydrogen (secondary N) is 2. The van der Waals surface area contributed by atoms with Gasteiger partial charge in [0.1, 0.15) is 17.7 Å². The zero-order chi connectivity index (χ0) is 29.9. The fourth-order valence-electron chi connectivity index (χ4n) is 4.23. The Balaban J connectivity index is 2.51. The van der Waals surface area contributed by atoms with Crippen molar-refractivity contribution in [2.24, 2.45) is 5.73 Å². The number of aryl methyl sites for hydroxylation is 1. The minimum absolute atomic E-state index is 0.0343. The number of rotatable bonds is 13. The van der Waals surface area contributed by atoms with E-state index in [1.807, 2.05) is 75.4 Å². The molecule has 0 heterocycles. The number of hydrogen-bond donors (Lipinski definition) is 3. The van der Waals surface area contributed by atoms with Crippen molar-refractivity contribution in [2.75, 3.05) is 0 Å². The zero-order valence-electron chi connectivity index (χ0n) is 24.5. The van der Waals surface area contributed by atoms with Crippen molar-refractivity contribution in [2.45, 2.75) is 97.5 Å². The molecule has 0 radical (unpaired) electrons. The van der Waals surface area contributed by atoms with Crippen molar-refractivity contribution in [3.05, 3.63) is 71.3 Å². The standard InChI is InChI=1S/C31H44N4O5/c1-7-21(3)35(29(38)25(18-19-26(32)36)34-30(39)40-31(4,5)6)27(24-16-14-22(8-2)15-17-24)28(37)33-20-23-12-10-9-11-13-23/h9-17,21,25,27H,7-8,18-20H2,1-6H3,(H2,32,36)(H,33,37)(H,34,39). The van der Waals surface area contributed by atoms with Crippen LogP contribution in [0.5, 0.6) is 0 Å². The van der Waals surface area contributed by atoms with E-state index in [-0.39, 0.29) is 31.3 Å². The summed E-state index contributed by atoms with van der Waals surface area (Å²) in [6.45, 7) is 11.2. The summed E-state index contributed by atoms with van der Waals surface area (Å²) in [4.78, 5) is 53.9. The maximum atomic E-state index is 14.2. The van der Waals surface area contributed by atoms with E-state index in [9.17, 15) is 19.2 Å². The molecule has 0 bridgehead atoms. The van der Waals surface area contributed by atoms with Crippen molar-refractivity contribution in [3.63, 3.8) is 0 Å². The van der Waals surface area contributed by atoms with E-state index in [1.54, 1.807) is 20.8 Å². The predicted molar refractivity (Wildman–Crippen MR) is 155 cm³/mol. The van der Waals surface area contributed by atoms with Gasteiger partial charge < -0.3 is 26.0 Å². The summed E-state index contributed by atoms with van der Waals surface area (Å²) in [5.41, 5.74) is 7.25. The smallest absolute Gasteiger partial charge is 0.408 e. The van der Waals surface area contributed by atoms with E-state index in [0.29, 0.717) is 12.0 Å². The number of nitrogens with two attached hydrogens (primary N) is 1. The van der Waals surface area contributed by atoms with Crippen LogP contribution in [0.3, 0.4) is 0 Å². The molecular formula is C31H44N4O5. The Labute approximate surface area is 237 Å². The molecule has 9 nitrogen and oxygen atoms in total. The fraction of sp³-hybridized carbons (Fsp3) is 0.484. The Morgan fingerprint density at radius 1 is 0.950 bits per heavy atom. The topological polar surface area (TPSA) is 131 Å². The van der Waals surface area contributed by atoms with Gasteiger partial charge >= 0.3 is 6.09 Å². The minimum atomic E-state index is -1.13. The van der Waals surface area contributed by atoms with Crippen LogP contribution in [-0.2, 0) is 32.1 Å². The first-order valence-electron chi connectivity index (χ1n) is 13.9. The Morgan fingerprint density at radius 3 is 2.10 bits per heavy atom. The molecule has 3 atom stereocenters. The van der Waals surface area contributed by atoms with Gasteiger partial charge in [-0.25, -0.2) is 4.79 Å². The van der Waals surface area contributed by atoms with Gasteiger partial charge in [0.05, 0.1) is 0 Å².